The van der Waals surface area contributed by atoms with Crippen molar-refractivity contribution in [3.8, 4) is 22.4 Å². The lowest BCUT2D eigenvalue weighted by atomic mass is 9.95. The first-order valence-corrected chi connectivity index (χ1v) is 15.4. The van der Waals surface area contributed by atoms with Crippen molar-refractivity contribution in [2.45, 2.75) is 0 Å². The topological polar surface area (TPSA) is 25.8 Å². The second-order valence-electron chi connectivity index (χ2n) is 11.4. The predicted molar refractivity (Wildman–Crippen MR) is 185 cm³/mol. The largest absolute Gasteiger partial charge is 0.252 e. The summed E-state index contributed by atoms with van der Waals surface area (Å²) in [6, 6.07) is 46.2. The van der Waals surface area contributed by atoms with E-state index in [1.807, 2.05) is 17.5 Å². The van der Waals surface area contributed by atoms with Crippen molar-refractivity contribution in [3.63, 3.8) is 0 Å². The molecule has 0 spiro atoms. The summed E-state index contributed by atoms with van der Waals surface area (Å²) in [7, 11) is 0. The highest BCUT2D eigenvalue weighted by Crippen LogP contribution is 2.45. The Hall–Kier alpha value is -5.38. The van der Waals surface area contributed by atoms with Crippen molar-refractivity contribution in [1.29, 1.82) is 0 Å². The lowest BCUT2D eigenvalue weighted by Gasteiger charge is -2.11. The fourth-order valence-electron chi connectivity index (χ4n) is 6.99. The molecule has 2 heterocycles. The minimum absolute atomic E-state index is 0.887. The summed E-state index contributed by atoms with van der Waals surface area (Å²) < 4.78 is 2.71. The lowest BCUT2D eigenvalue weighted by Crippen LogP contribution is -1.92. The molecule has 0 atom stereocenters. The molecule has 0 bridgehead atoms. The highest BCUT2D eigenvalue weighted by Gasteiger charge is 2.16. The van der Waals surface area contributed by atoms with Gasteiger partial charge in [0.15, 0.2) is 0 Å². The van der Waals surface area contributed by atoms with E-state index in [1.54, 1.807) is 0 Å². The SMILES string of the molecule is c1cc2ccc3ccc(-c4ccc5ccc(-c6cnc7c8ccccc8c8ccccc8c7n6)cc5c4)c4sc(c1)c2c34. The Balaban J connectivity index is 1.16. The van der Waals surface area contributed by atoms with E-state index in [9.17, 15) is 0 Å². The van der Waals surface area contributed by atoms with E-state index in [4.69, 9.17) is 9.97 Å². The molecule has 10 aromatic rings. The van der Waals surface area contributed by atoms with Gasteiger partial charge in [-0.1, -0.05) is 109 Å². The summed E-state index contributed by atoms with van der Waals surface area (Å²) in [5.41, 5.74) is 6.38. The molecular weight excluding hydrogens is 541 g/mol. The molecule has 10 rings (SSSR count). The number of hydrogen-bond donors (Lipinski definition) is 0. The van der Waals surface area contributed by atoms with Gasteiger partial charge in [0.1, 0.15) is 0 Å². The number of nitrogens with zero attached hydrogens (tertiary/aromatic N) is 2. The summed E-state index contributed by atoms with van der Waals surface area (Å²) in [4.78, 5) is 10.2. The van der Waals surface area contributed by atoms with Crippen LogP contribution >= 0.6 is 11.3 Å². The first-order chi connectivity index (χ1) is 21.3. The van der Waals surface area contributed by atoms with Gasteiger partial charge in [-0.15, -0.1) is 11.3 Å². The van der Waals surface area contributed by atoms with E-state index < -0.39 is 0 Å². The molecule has 43 heavy (non-hydrogen) atoms. The van der Waals surface area contributed by atoms with Gasteiger partial charge < -0.3 is 0 Å². The fraction of sp³-hybridized carbons (Fsp3) is 0. The van der Waals surface area contributed by atoms with Gasteiger partial charge >= 0.3 is 0 Å². The second-order valence-corrected chi connectivity index (χ2v) is 12.4. The van der Waals surface area contributed by atoms with Crippen LogP contribution in [0.1, 0.15) is 0 Å². The molecule has 0 fully saturated rings. The summed E-state index contributed by atoms with van der Waals surface area (Å²) in [6.07, 6.45) is 1.93. The van der Waals surface area contributed by atoms with E-state index in [0.29, 0.717) is 0 Å². The monoisotopic (exact) mass is 562 g/mol. The molecule has 2 nitrogen and oxygen atoms in total. The van der Waals surface area contributed by atoms with Gasteiger partial charge in [-0.2, -0.15) is 0 Å². The van der Waals surface area contributed by atoms with Crippen LogP contribution in [0.3, 0.4) is 0 Å². The molecule has 2 aromatic heterocycles. The Labute approximate surface area is 250 Å². The van der Waals surface area contributed by atoms with Crippen LogP contribution in [0.5, 0.6) is 0 Å². The number of aromatic nitrogens is 2. The third-order valence-electron chi connectivity index (χ3n) is 9.03. The Morgan fingerprint density at radius 3 is 1.93 bits per heavy atom. The van der Waals surface area contributed by atoms with Crippen LogP contribution in [-0.4, -0.2) is 9.97 Å². The van der Waals surface area contributed by atoms with Crippen molar-refractivity contribution in [1.82, 2.24) is 9.97 Å². The zero-order chi connectivity index (χ0) is 28.1. The fourth-order valence-corrected chi connectivity index (χ4v) is 8.30. The van der Waals surface area contributed by atoms with E-state index in [2.05, 4.69) is 127 Å². The maximum atomic E-state index is 5.23. The summed E-state index contributed by atoms with van der Waals surface area (Å²) >= 11 is 1.90. The standard InChI is InChI=1S/C40H22N2S/c1-3-9-32-30(7-1)31-8-2-4-10-33(31)39-38(32)41-22-34(42-39)27-17-13-23-12-16-26(20-28(23)21-27)29-19-18-25-15-14-24-6-5-11-35-36(24)37(25)40(29)43-35/h1-22H. The van der Waals surface area contributed by atoms with Crippen LogP contribution in [0.4, 0.5) is 0 Å². The van der Waals surface area contributed by atoms with Gasteiger partial charge in [0.05, 0.1) is 22.9 Å². The lowest BCUT2D eigenvalue weighted by molar-refractivity contribution is 1.31. The van der Waals surface area contributed by atoms with Crippen molar-refractivity contribution < 1.29 is 0 Å². The van der Waals surface area contributed by atoms with Gasteiger partial charge in [0, 0.05) is 36.5 Å². The van der Waals surface area contributed by atoms with Crippen LogP contribution in [0, 0.1) is 0 Å². The van der Waals surface area contributed by atoms with Crippen LogP contribution < -0.4 is 0 Å². The van der Waals surface area contributed by atoms with Crippen LogP contribution in [0.2, 0.25) is 0 Å². The summed E-state index contributed by atoms with van der Waals surface area (Å²) in [5, 5.41) is 12.5. The first-order valence-electron chi connectivity index (χ1n) is 14.6. The zero-order valence-electron chi connectivity index (χ0n) is 23.0. The van der Waals surface area contributed by atoms with E-state index in [1.165, 1.54) is 63.6 Å². The van der Waals surface area contributed by atoms with E-state index in [-0.39, 0.29) is 0 Å². The normalized spacial score (nSPS) is 12.2. The van der Waals surface area contributed by atoms with Crippen molar-refractivity contribution in [3.05, 3.63) is 134 Å². The molecule has 0 saturated carbocycles. The average Bonchev–Trinajstić information content (AvgIpc) is 3.48. The van der Waals surface area contributed by atoms with Gasteiger partial charge in [-0.3, -0.25) is 4.98 Å². The van der Waals surface area contributed by atoms with Crippen molar-refractivity contribution in [2.24, 2.45) is 0 Å². The third-order valence-corrected chi connectivity index (χ3v) is 10.2. The average molecular weight is 563 g/mol. The Morgan fingerprint density at radius 1 is 0.465 bits per heavy atom. The predicted octanol–water partition coefficient (Wildman–Crippen LogP) is 11.4. The van der Waals surface area contributed by atoms with E-state index in [0.717, 1.165) is 33.1 Å². The number of hydrogen-bond acceptors (Lipinski definition) is 3. The minimum Gasteiger partial charge on any atom is -0.252 e. The molecule has 0 radical (unpaired) electrons. The molecule has 0 amide bonds. The molecular formula is C40H22N2S. The third kappa shape index (κ3) is 3.28. The number of benzene rings is 8. The second kappa shape index (κ2) is 8.57. The van der Waals surface area contributed by atoms with Gasteiger partial charge in [-0.05, 0) is 61.6 Å². The molecule has 0 N–H and O–H groups in total. The molecule has 0 aliphatic rings. The molecule has 0 saturated heterocycles. The van der Waals surface area contributed by atoms with Crippen molar-refractivity contribution >= 4 is 85.6 Å². The summed E-state index contributed by atoms with van der Waals surface area (Å²) in [5.74, 6) is 0. The molecule has 3 heteroatoms. The minimum atomic E-state index is 0.887. The Morgan fingerprint density at radius 2 is 1.12 bits per heavy atom. The summed E-state index contributed by atoms with van der Waals surface area (Å²) in [6.45, 7) is 0. The molecule has 8 aromatic carbocycles. The molecule has 0 aliphatic carbocycles. The zero-order valence-corrected chi connectivity index (χ0v) is 23.8. The number of fused-ring (bicyclic) bond motifs is 7. The van der Waals surface area contributed by atoms with Gasteiger partial charge in [-0.25, -0.2) is 4.98 Å². The Kier molecular flexibility index (Phi) is 4.63. The maximum absolute atomic E-state index is 5.23. The van der Waals surface area contributed by atoms with Gasteiger partial charge in [0.2, 0.25) is 0 Å². The highest BCUT2D eigenvalue weighted by atomic mass is 32.1. The highest BCUT2D eigenvalue weighted by molar-refractivity contribution is 7.26. The maximum Gasteiger partial charge on any atom is 0.0979 e. The van der Waals surface area contributed by atoms with E-state index >= 15 is 0 Å². The van der Waals surface area contributed by atoms with Crippen LogP contribution in [-0.2, 0) is 0 Å². The van der Waals surface area contributed by atoms with Gasteiger partial charge in [0.25, 0.3) is 0 Å². The molecule has 198 valence electrons. The number of thiophene rings is 1. The van der Waals surface area contributed by atoms with Crippen molar-refractivity contribution in [2.75, 3.05) is 0 Å². The van der Waals surface area contributed by atoms with Crippen LogP contribution in [0.15, 0.2) is 134 Å². The smallest absolute Gasteiger partial charge is 0.0979 e. The van der Waals surface area contributed by atoms with Crippen LogP contribution in [0.25, 0.3) is 96.7 Å². The quantitative estimate of drug-likeness (QED) is 0.196. The Bertz CT molecular complexity index is 2700. The number of rotatable bonds is 2. The first kappa shape index (κ1) is 23.2. The molecule has 0 unspecified atom stereocenters. The molecule has 0 aliphatic heterocycles.